The first kappa shape index (κ1) is 7.32. The van der Waals surface area contributed by atoms with E-state index in [2.05, 4.69) is 26.3 Å². The van der Waals surface area contributed by atoms with Crippen molar-refractivity contribution in [1.82, 2.24) is 19.9 Å². The highest BCUT2D eigenvalue weighted by Gasteiger charge is 2.01. The van der Waals surface area contributed by atoms with Gasteiger partial charge in [0.25, 0.3) is 0 Å². The van der Waals surface area contributed by atoms with E-state index in [1.807, 2.05) is 12.1 Å². The fourth-order valence-electron chi connectivity index (χ4n) is 1.47. The Morgan fingerprint density at radius 3 is 3.14 bits per heavy atom. The van der Waals surface area contributed by atoms with Crippen LogP contribution in [0.2, 0.25) is 0 Å². The van der Waals surface area contributed by atoms with Gasteiger partial charge in [-0.2, -0.15) is 0 Å². The minimum Gasteiger partial charge on any atom is -0.244 e. The van der Waals surface area contributed by atoms with Crippen molar-refractivity contribution in [2.75, 3.05) is 0 Å². The van der Waals surface area contributed by atoms with Gasteiger partial charge in [0.05, 0.1) is 11.0 Å². The summed E-state index contributed by atoms with van der Waals surface area (Å²) in [5.41, 5.74) is 1.73. The van der Waals surface area contributed by atoms with E-state index in [-0.39, 0.29) is 0 Å². The fourth-order valence-corrected chi connectivity index (χ4v) is 1.47. The summed E-state index contributed by atoms with van der Waals surface area (Å²) in [5, 5.41) is 1.93. The smallest absolute Gasteiger partial charge is 0.198 e. The molecule has 0 saturated carbocycles. The Balaban J connectivity index is 2.61. The van der Waals surface area contributed by atoms with Gasteiger partial charge in [-0.05, 0) is 12.1 Å². The zero-order chi connectivity index (χ0) is 9.38. The fraction of sp³-hybridized carbons (Fsp3) is 0. The number of nitrogens with zero attached hydrogens (tertiary/aromatic N) is 4. The van der Waals surface area contributed by atoms with E-state index in [9.17, 15) is 0 Å². The third kappa shape index (κ3) is 0.939. The van der Waals surface area contributed by atoms with Crippen molar-refractivity contribution >= 4 is 21.8 Å². The molecule has 2 heterocycles. The van der Waals surface area contributed by atoms with Crippen molar-refractivity contribution in [1.29, 1.82) is 0 Å². The first-order valence-corrected chi connectivity index (χ1v) is 4.17. The molecule has 0 aliphatic heterocycles. The van der Waals surface area contributed by atoms with Crippen LogP contribution in [-0.4, -0.2) is 19.9 Å². The monoisotopic (exact) mass is 181 g/mol. The number of hydrogen-bond acceptors (Lipinski definition) is 4. The molecule has 1 radical (unpaired) electrons. The molecule has 1 aromatic carbocycles. The summed E-state index contributed by atoms with van der Waals surface area (Å²) in [5.74, 6) is 0. The van der Waals surface area contributed by atoms with E-state index < -0.39 is 0 Å². The summed E-state index contributed by atoms with van der Waals surface area (Å²) in [6, 6.07) is 3.86. The summed E-state index contributed by atoms with van der Waals surface area (Å²) in [4.78, 5) is 16.1. The summed E-state index contributed by atoms with van der Waals surface area (Å²) in [6.45, 7) is 0. The van der Waals surface area contributed by atoms with Crippen LogP contribution < -0.4 is 0 Å². The van der Waals surface area contributed by atoms with Crippen molar-refractivity contribution in [3.63, 3.8) is 0 Å². The van der Waals surface area contributed by atoms with Gasteiger partial charge in [0.1, 0.15) is 6.33 Å². The third-order valence-electron chi connectivity index (χ3n) is 2.11. The van der Waals surface area contributed by atoms with Crippen molar-refractivity contribution < 1.29 is 0 Å². The molecular weight excluding hydrogens is 176 g/mol. The first-order valence-electron chi connectivity index (χ1n) is 4.17. The van der Waals surface area contributed by atoms with Crippen LogP contribution in [0.5, 0.6) is 0 Å². The highest BCUT2D eigenvalue weighted by Crippen LogP contribution is 2.19. The van der Waals surface area contributed by atoms with E-state index in [0.29, 0.717) is 0 Å². The van der Waals surface area contributed by atoms with Gasteiger partial charge in [0.2, 0.25) is 0 Å². The zero-order valence-electron chi connectivity index (χ0n) is 7.18. The van der Waals surface area contributed by atoms with E-state index in [0.717, 1.165) is 21.8 Å². The summed E-state index contributed by atoms with van der Waals surface area (Å²) in [6.07, 6.45) is 7.58. The molecule has 3 aromatic rings. The summed E-state index contributed by atoms with van der Waals surface area (Å²) >= 11 is 0. The second-order valence-corrected chi connectivity index (χ2v) is 2.93. The molecule has 0 amide bonds. The lowest BCUT2D eigenvalue weighted by Gasteiger charge is -1.99. The normalized spacial score (nSPS) is 10.9. The molecule has 0 spiro atoms. The molecule has 14 heavy (non-hydrogen) atoms. The molecule has 65 valence electrons. The SMILES string of the molecule is [c]1ncc2c(ccc3cncnc32)n1. The Morgan fingerprint density at radius 1 is 1.14 bits per heavy atom. The lowest BCUT2D eigenvalue weighted by Crippen LogP contribution is -1.86. The predicted molar refractivity (Wildman–Crippen MR) is 51.5 cm³/mol. The second-order valence-electron chi connectivity index (χ2n) is 2.93. The van der Waals surface area contributed by atoms with Gasteiger partial charge in [-0.25, -0.2) is 19.9 Å². The summed E-state index contributed by atoms with van der Waals surface area (Å²) in [7, 11) is 0. The van der Waals surface area contributed by atoms with Gasteiger partial charge in [0, 0.05) is 23.2 Å². The number of hydrogen-bond donors (Lipinski definition) is 0. The van der Waals surface area contributed by atoms with Crippen LogP contribution in [0.25, 0.3) is 21.8 Å². The van der Waals surface area contributed by atoms with Crippen LogP contribution in [0, 0.1) is 6.33 Å². The van der Waals surface area contributed by atoms with E-state index >= 15 is 0 Å². The molecule has 4 heteroatoms. The molecule has 0 saturated heterocycles. The second kappa shape index (κ2) is 2.70. The maximum atomic E-state index is 4.20. The molecule has 0 aliphatic carbocycles. The van der Waals surface area contributed by atoms with Gasteiger partial charge in [-0.3, -0.25) is 0 Å². The molecule has 0 atom stereocenters. The first-order chi connectivity index (χ1) is 6.95. The van der Waals surface area contributed by atoms with Gasteiger partial charge >= 0.3 is 0 Å². The van der Waals surface area contributed by atoms with E-state index in [1.165, 1.54) is 6.33 Å². The maximum Gasteiger partial charge on any atom is 0.198 e. The molecule has 0 N–H and O–H groups in total. The van der Waals surface area contributed by atoms with Gasteiger partial charge < -0.3 is 0 Å². The zero-order valence-corrected chi connectivity index (χ0v) is 7.18. The Kier molecular flexibility index (Phi) is 1.41. The van der Waals surface area contributed by atoms with Crippen molar-refractivity contribution in [3.05, 3.63) is 37.2 Å². The molecule has 0 unspecified atom stereocenters. The lowest BCUT2D eigenvalue weighted by atomic mass is 10.2. The largest absolute Gasteiger partial charge is 0.244 e. The van der Waals surface area contributed by atoms with Crippen LogP contribution >= 0.6 is 0 Å². The van der Waals surface area contributed by atoms with Gasteiger partial charge in [0.15, 0.2) is 6.33 Å². The Morgan fingerprint density at radius 2 is 2.14 bits per heavy atom. The van der Waals surface area contributed by atoms with Crippen LogP contribution in [0.1, 0.15) is 0 Å². The van der Waals surface area contributed by atoms with Crippen LogP contribution in [-0.2, 0) is 0 Å². The molecular formula is C10H5N4. The number of rotatable bonds is 0. The third-order valence-corrected chi connectivity index (χ3v) is 2.11. The highest BCUT2D eigenvalue weighted by atomic mass is 14.8. The molecule has 3 rings (SSSR count). The van der Waals surface area contributed by atoms with Gasteiger partial charge in [-0.1, -0.05) is 0 Å². The molecule has 0 aliphatic rings. The molecule has 4 nitrogen and oxygen atoms in total. The minimum absolute atomic E-state index is 0.853. The van der Waals surface area contributed by atoms with E-state index in [4.69, 9.17) is 0 Å². The quantitative estimate of drug-likeness (QED) is 0.491. The molecule has 2 aromatic heterocycles. The number of aromatic nitrogens is 4. The maximum absolute atomic E-state index is 4.20. The average molecular weight is 181 g/mol. The Bertz CT molecular complexity index is 551. The van der Waals surface area contributed by atoms with Crippen LogP contribution in [0.15, 0.2) is 30.9 Å². The molecule has 0 bridgehead atoms. The van der Waals surface area contributed by atoms with Crippen molar-refractivity contribution in [3.8, 4) is 0 Å². The van der Waals surface area contributed by atoms with Crippen molar-refractivity contribution in [2.45, 2.75) is 0 Å². The lowest BCUT2D eigenvalue weighted by molar-refractivity contribution is 1.19. The summed E-state index contributed by atoms with van der Waals surface area (Å²) < 4.78 is 0. The topological polar surface area (TPSA) is 51.6 Å². The van der Waals surface area contributed by atoms with Crippen LogP contribution in [0.4, 0.5) is 0 Å². The Hall–Kier alpha value is -2.10. The number of benzene rings is 1. The van der Waals surface area contributed by atoms with Gasteiger partial charge in [-0.15, -0.1) is 0 Å². The minimum atomic E-state index is 0.853. The number of fused-ring (bicyclic) bond motifs is 3. The average Bonchev–Trinajstić information content (AvgIpc) is 2.29. The van der Waals surface area contributed by atoms with Crippen molar-refractivity contribution in [2.24, 2.45) is 0 Å². The molecule has 0 fully saturated rings. The Labute approximate surface area is 79.7 Å². The standard InChI is InChI=1S/C10H5N4/c1-2-9-8(4-12-5-13-9)10-7(1)3-11-6-14-10/h1-4,6H. The van der Waals surface area contributed by atoms with Crippen LogP contribution in [0.3, 0.4) is 0 Å². The van der Waals surface area contributed by atoms with E-state index in [1.54, 1.807) is 12.4 Å². The predicted octanol–water partition coefficient (Wildman–Crippen LogP) is 1.37. The highest BCUT2D eigenvalue weighted by molar-refractivity contribution is 6.02.